The smallest absolute Gasteiger partial charge is 0.403 e. The van der Waals surface area contributed by atoms with Crippen LogP contribution in [-0.2, 0) is 25.0 Å². The Kier molecular flexibility index (Phi) is 5.54. The van der Waals surface area contributed by atoms with Crippen LogP contribution in [0.2, 0.25) is 0 Å². The van der Waals surface area contributed by atoms with E-state index in [9.17, 15) is 14.2 Å². The quantitative estimate of drug-likeness (QED) is 0.430. The van der Waals surface area contributed by atoms with Gasteiger partial charge in [-0.15, -0.1) is 0 Å². The summed E-state index contributed by atoms with van der Waals surface area (Å²) in [4.78, 5) is 25.7. The first-order valence-corrected chi connectivity index (χ1v) is 10.9. The minimum atomic E-state index is -3.76. The lowest BCUT2D eigenvalue weighted by atomic mass is 10.1. The SMILES string of the molecule is Cc1cccc2c1OP(=O)(OCC1CCC(n3cc(C=O)c(=S)[nH]c3=O)O1)OC2. The molecule has 1 saturated heterocycles. The van der Waals surface area contributed by atoms with Crippen molar-refractivity contribution in [2.75, 3.05) is 6.61 Å². The fourth-order valence-corrected chi connectivity index (χ4v) is 4.79. The second kappa shape index (κ2) is 7.97. The predicted octanol–water partition coefficient (Wildman–Crippen LogP) is 3.44. The van der Waals surface area contributed by atoms with Gasteiger partial charge in [-0.25, -0.2) is 9.36 Å². The highest BCUT2D eigenvalue weighted by Gasteiger charge is 2.37. The average molecular weight is 438 g/mol. The maximum absolute atomic E-state index is 12.8. The Labute approximate surface area is 171 Å². The summed E-state index contributed by atoms with van der Waals surface area (Å²) in [5.74, 6) is 0.514. The summed E-state index contributed by atoms with van der Waals surface area (Å²) >= 11 is 4.94. The van der Waals surface area contributed by atoms with E-state index in [4.69, 9.17) is 30.5 Å². The zero-order valence-corrected chi connectivity index (χ0v) is 17.2. The molecule has 9 nitrogen and oxygen atoms in total. The largest absolute Gasteiger partial charge is 0.530 e. The first-order chi connectivity index (χ1) is 13.9. The fourth-order valence-electron chi connectivity index (χ4n) is 3.30. The highest BCUT2D eigenvalue weighted by molar-refractivity contribution is 7.71. The molecule has 154 valence electrons. The molecule has 0 radical (unpaired) electrons. The van der Waals surface area contributed by atoms with E-state index in [1.54, 1.807) is 0 Å². The molecule has 3 heterocycles. The lowest BCUT2D eigenvalue weighted by Crippen LogP contribution is -2.28. The molecule has 0 saturated carbocycles. The number of rotatable bonds is 5. The van der Waals surface area contributed by atoms with Gasteiger partial charge in [0.2, 0.25) is 0 Å². The summed E-state index contributed by atoms with van der Waals surface area (Å²) in [6, 6.07) is 5.57. The summed E-state index contributed by atoms with van der Waals surface area (Å²) in [6.45, 7) is 1.97. The van der Waals surface area contributed by atoms with Crippen LogP contribution < -0.4 is 10.2 Å². The standard InChI is InChI=1S/C18H19N2O7PS/c1-11-3-2-4-12-9-24-28(23,27-16(11)12)25-10-14-5-6-15(26-14)20-7-13(8-21)17(29)19-18(20)22/h2-4,7-8,14-15H,5-6,9-10H2,1H3,(H,19,22,29). The molecule has 2 aliphatic heterocycles. The Hall–Kier alpha value is -2.10. The van der Waals surface area contributed by atoms with Gasteiger partial charge in [0.1, 0.15) is 16.6 Å². The van der Waals surface area contributed by atoms with E-state index in [1.165, 1.54) is 10.8 Å². The molecule has 3 atom stereocenters. The van der Waals surface area contributed by atoms with Crippen molar-refractivity contribution in [2.45, 2.75) is 38.7 Å². The van der Waals surface area contributed by atoms with E-state index in [1.807, 2.05) is 25.1 Å². The third kappa shape index (κ3) is 4.12. The van der Waals surface area contributed by atoms with Crippen LogP contribution in [0, 0.1) is 11.6 Å². The number of nitrogens with one attached hydrogen (secondary N) is 1. The number of H-pyrrole nitrogens is 1. The van der Waals surface area contributed by atoms with Gasteiger partial charge >= 0.3 is 13.5 Å². The fraction of sp³-hybridized carbons (Fsp3) is 0.389. The molecule has 1 fully saturated rings. The number of aromatic nitrogens is 2. The number of carbonyl (C=O) groups is 1. The Morgan fingerprint density at radius 2 is 2.24 bits per heavy atom. The van der Waals surface area contributed by atoms with Crippen molar-refractivity contribution in [1.82, 2.24) is 9.55 Å². The Morgan fingerprint density at radius 3 is 3.03 bits per heavy atom. The molecule has 0 spiro atoms. The van der Waals surface area contributed by atoms with E-state index in [0.29, 0.717) is 24.9 Å². The van der Waals surface area contributed by atoms with Gasteiger partial charge in [-0.1, -0.05) is 30.4 Å². The molecule has 4 rings (SSSR count). The maximum Gasteiger partial charge on any atom is 0.530 e. The van der Waals surface area contributed by atoms with E-state index in [-0.39, 0.29) is 23.4 Å². The van der Waals surface area contributed by atoms with Gasteiger partial charge in [0.25, 0.3) is 0 Å². The minimum absolute atomic E-state index is 0.0207. The van der Waals surface area contributed by atoms with Crippen LogP contribution in [0.15, 0.2) is 29.2 Å². The summed E-state index contributed by atoms with van der Waals surface area (Å²) in [5.41, 5.74) is 1.39. The summed E-state index contributed by atoms with van der Waals surface area (Å²) in [5, 5.41) is 0. The molecule has 0 amide bonds. The third-order valence-electron chi connectivity index (χ3n) is 4.81. The highest BCUT2D eigenvalue weighted by atomic mass is 32.1. The Balaban J connectivity index is 1.41. The highest BCUT2D eigenvalue weighted by Crippen LogP contribution is 2.55. The van der Waals surface area contributed by atoms with Crippen molar-refractivity contribution in [3.63, 3.8) is 0 Å². The zero-order chi connectivity index (χ0) is 20.6. The van der Waals surface area contributed by atoms with E-state index in [2.05, 4.69) is 4.98 Å². The second-order valence-electron chi connectivity index (χ2n) is 6.83. The van der Waals surface area contributed by atoms with Gasteiger partial charge in [-0.3, -0.25) is 23.4 Å². The Morgan fingerprint density at radius 1 is 1.41 bits per heavy atom. The second-order valence-corrected chi connectivity index (χ2v) is 8.83. The van der Waals surface area contributed by atoms with E-state index in [0.717, 1.165) is 11.1 Å². The van der Waals surface area contributed by atoms with E-state index >= 15 is 0 Å². The molecule has 11 heteroatoms. The van der Waals surface area contributed by atoms with Crippen molar-refractivity contribution >= 4 is 26.3 Å². The number of aromatic amines is 1. The number of ether oxygens (including phenoxy) is 1. The molecule has 2 aromatic rings. The first kappa shape index (κ1) is 20.2. The number of benzene rings is 1. The molecule has 0 bridgehead atoms. The van der Waals surface area contributed by atoms with Crippen LogP contribution >= 0.6 is 20.0 Å². The normalized spacial score (nSPS) is 26.0. The number of nitrogens with zero attached hydrogens (tertiary/aromatic N) is 1. The number of hydrogen-bond acceptors (Lipinski definition) is 8. The molecule has 1 N–H and O–H groups in total. The number of fused-ring (bicyclic) bond motifs is 1. The van der Waals surface area contributed by atoms with Crippen molar-refractivity contribution in [3.8, 4) is 5.75 Å². The number of aldehydes is 1. The van der Waals surface area contributed by atoms with Crippen molar-refractivity contribution < 1.29 is 27.7 Å². The summed E-state index contributed by atoms with van der Waals surface area (Å²) < 4.78 is 36.3. The molecule has 0 aliphatic carbocycles. The molecule has 29 heavy (non-hydrogen) atoms. The van der Waals surface area contributed by atoms with Crippen LogP contribution in [0.25, 0.3) is 0 Å². The molecule has 1 aromatic carbocycles. The molecule has 2 aliphatic rings. The lowest BCUT2D eigenvalue weighted by molar-refractivity contribution is -0.0264. The zero-order valence-electron chi connectivity index (χ0n) is 15.5. The van der Waals surface area contributed by atoms with Gasteiger partial charge in [0, 0.05) is 11.8 Å². The van der Waals surface area contributed by atoms with Crippen molar-refractivity contribution in [1.29, 1.82) is 0 Å². The lowest BCUT2D eigenvalue weighted by Gasteiger charge is -2.26. The summed E-state index contributed by atoms with van der Waals surface area (Å²) in [6.07, 6.45) is 2.04. The van der Waals surface area contributed by atoms with Crippen LogP contribution in [0.4, 0.5) is 0 Å². The van der Waals surface area contributed by atoms with Crippen LogP contribution in [0.5, 0.6) is 5.75 Å². The van der Waals surface area contributed by atoms with E-state index < -0.39 is 25.8 Å². The van der Waals surface area contributed by atoms with Crippen molar-refractivity contribution in [2.24, 2.45) is 0 Å². The van der Waals surface area contributed by atoms with Crippen molar-refractivity contribution in [3.05, 3.63) is 56.2 Å². The number of aryl methyl sites for hydroxylation is 1. The van der Waals surface area contributed by atoms with Gasteiger partial charge in [0.05, 0.1) is 24.9 Å². The number of phosphoric ester groups is 1. The number of para-hydroxylation sites is 1. The number of phosphoric acid groups is 1. The number of carbonyl (C=O) groups excluding carboxylic acids is 1. The minimum Gasteiger partial charge on any atom is -0.403 e. The maximum atomic E-state index is 12.8. The monoisotopic (exact) mass is 438 g/mol. The van der Waals surface area contributed by atoms with Gasteiger partial charge in [0.15, 0.2) is 6.29 Å². The topological polar surface area (TPSA) is 109 Å². The van der Waals surface area contributed by atoms with Crippen LogP contribution in [0.1, 0.15) is 40.6 Å². The first-order valence-electron chi connectivity index (χ1n) is 9.02. The molecule has 1 aromatic heterocycles. The molecular formula is C18H19N2O7PS. The average Bonchev–Trinajstić information content (AvgIpc) is 3.16. The van der Waals surface area contributed by atoms with Gasteiger partial charge in [-0.2, -0.15) is 0 Å². The Bertz CT molecular complexity index is 1110. The van der Waals surface area contributed by atoms with Crippen LogP contribution in [-0.4, -0.2) is 28.5 Å². The third-order valence-corrected chi connectivity index (χ3v) is 6.47. The predicted molar refractivity (Wildman–Crippen MR) is 105 cm³/mol. The van der Waals surface area contributed by atoms with Gasteiger partial charge < -0.3 is 9.26 Å². The summed E-state index contributed by atoms with van der Waals surface area (Å²) in [7, 11) is -3.76. The van der Waals surface area contributed by atoms with Crippen LogP contribution in [0.3, 0.4) is 0 Å². The molecule has 3 unspecified atom stereocenters. The number of hydrogen-bond donors (Lipinski definition) is 1. The molecular weight excluding hydrogens is 419 g/mol. The van der Waals surface area contributed by atoms with Gasteiger partial charge in [-0.05, 0) is 25.3 Å².